The van der Waals surface area contributed by atoms with E-state index >= 15 is 0 Å². The van der Waals surface area contributed by atoms with Crippen LogP contribution in [0.25, 0.3) is 11.4 Å². The minimum absolute atomic E-state index is 0.671. The Kier molecular flexibility index (Phi) is 2.65. The van der Waals surface area contributed by atoms with Gasteiger partial charge in [-0.2, -0.15) is 9.36 Å². The van der Waals surface area contributed by atoms with Gasteiger partial charge in [0, 0.05) is 24.1 Å². The number of benzene rings is 1. The average Bonchev–Trinajstić information content (AvgIpc) is 2.67. The smallest absolute Gasteiger partial charge is 0.202 e. The van der Waals surface area contributed by atoms with Gasteiger partial charge in [0.15, 0.2) is 5.82 Å². The third-order valence-corrected chi connectivity index (χ3v) is 2.82. The fourth-order valence-electron chi connectivity index (χ4n) is 1.08. The molecule has 2 aromatic rings. The Labute approximate surface area is 90.9 Å². The summed E-state index contributed by atoms with van der Waals surface area (Å²) in [5, 5.41) is 4.40. The van der Waals surface area contributed by atoms with E-state index < -0.39 is 0 Å². The minimum atomic E-state index is 0.671. The van der Waals surface area contributed by atoms with Gasteiger partial charge >= 0.3 is 0 Å². The topological polar surface area (TPSA) is 37.8 Å². The number of hydrogen-bond acceptors (Lipinski definition) is 4. The van der Waals surface area contributed by atoms with Crippen molar-refractivity contribution in [3.63, 3.8) is 0 Å². The zero-order valence-electron chi connectivity index (χ0n) is 7.49. The van der Waals surface area contributed by atoms with Crippen LogP contribution < -0.4 is 5.32 Å². The molecule has 1 heterocycles. The molecule has 5 heteroatoms. The molecule has 0 aliphatic carbocycles. The third kappa shape index (κ3) is 1.71. The summed E-state index contributed by atoms with van der Waals surface area (Å²) in [6.45, 7) is 0. The van der Waals surface area contributed by atoms with Crippen molar-refractivity contribution in [3.8, 4) is 11.4 Å². The van der Waals surface area contributed by atoms with Gasteiger partial charge in [0.1, 0.15) is 0 Å². The summed E-state index contributed by atoms with van der Waals surface area (Å²) >= 11 is 7.34. The molecule has 0 atom stereocenters. The van der Waals surface area contributed by atoms with Crippen molar-refractivity contribution < 1.29 is 0 Å². The highest BCUT2D eigenvalue weighted by atomic mass is 35.5. The second-order valence-corrected chi connectivity index (χ2v) is 3.81. The maximum atomic E-state index is 6.02. The Bertz CT molecular complexity index is 441. The van der Waals surface area contributed by atoms with Crippen molar-refractivity contribution in [1.29, 1.82) is 0 Å². The number of nitrogens with zero attached hydrogens (tertiary/aromatic N) is 2. The summed E-state index contributed by atoms with van der Waals surface area (Å²) in [7, 11) is 1.82. The molecule has 1 aromatic heterocycles. The number of aromatic nitrogens is 2. The third-order valence-electron chi connectivity index (χ3n) is 1.75. The average molecular weight is 226 g/mol. The number of halogens is 1. The van der Waals surface area contributed by atoms with Crippen LogP contribution in [0.15, 0.2) is 24.3 Å². The summed E-state index contributed by atoms with van der Waals surface area (Å²) in [4.78, 5) is 4.27. The first-order valence-corrected chi connectivity index (χ1v) is 5.23. The predicted molar refractivity (Wildman–Crippen MR) is 59.9 cm³/mol. The molecule has 2 rings (SSSR count). The zero-order chi connectivity index (χ0) is 9.97. The molecule has 0 bridgehead atoms. The Morgan fingerprint density at radius 2 is 2.14 bits per heavy atom. The summed E-state index contributed by atoms with van der Waals surface area (Å²) in [5.41, 5.74) is 0.868. The van der Waals surface area contributed by atoms with E-state index in [4.69, 9.17) is 11.6 Å². The van der Waals surface area contributed by atoms with E-state index in [2.05, 4.69) is 14.7 Å². The molecule has 0 aliphatic rings. The highest BCUT2D eigenvalue weighted by Gasteiger charge is 2.08. The fraction of sp³-hybridized carbons (Fsp3) is 0.111. The fourth-order valence-corrected chi connectivity index (χ4v) is 1.83. The van der Waals surface area contributed by atoms with Gasteiger partial charge in [-0.15, -0.1) is 0 Å². The van der Waals surface area contributed by atoms with Crippen LogP contribution in [0.3, 0.4) is 0 Å². The second-order valence-electron chi connectivity index (χ2n) is 2.65. The van der Waals surface area contributed by atoms with E-state index in [1.54, 1.807) is 0 Å². The first kappa shape index (κ1) is 9.43. The standard InChI is InChI=1S/C9H8ClN3S/c1-11-9-12-8(13-14-9)6-4-2-3-5-7(6)10/h2-5H,1H3,(H,11,12,13). The van der Waals surface area contributed by atoms with Crippen molar-refractivity contribution in [1.82, 2.24) is 9.36 Å². The maximum Gasteiger partial charge on any atom is 0.202 e. The van der Waals surface area contributed by atoms with E-state index in [9.17, 15) is 0 Å². The van der Waals surface area contributed by atoms with E-state index in [1.165, 1.54) is 11.5 Å². The van der Waals surface area contributed by atoms with Gasteiger partial charge < -0.3 is 5.32 Å². The van der Waals surface area contributed by atoms with E-state index in [-0.39, 0.29) is 0 Å². The molecule has 3 nitrogen and oxygen atoms in total. The normalized spacial score (nSPS) is 10.1. The quantitative estimate of drug-likeness (QED) is 0.854. The van der Waals surface area contributed by atoms with Gasteiger partial charge in [-0.1, -0.05) is 23.7 Å². The first-order chi connectivity index (χ1) is 6.81. The van der Waals surface area contributed by atoms with Crippen LogP contribution in [0, 0.1) is 0 Å². The van der Waals surface area contributed by atoms with Gasteiger partial charge in [0.25, 0.3) is 0 Å². The molecular formula is C9H8ClN3S. The number of anilines is 1. The molecule has 1 aromatic carbocycles. The Morgan fingerprint density at radius 1 is 1.36 bits per heavy atom. The molecule has 0 saturated carbocycles. The molecular weight excluding hydrogens is 218 g/mol. The van der Waals surface area contributed by atoms with Crippen molar-refractivity contribution in [3.05, 3.63) is 29.3 Å². The summed E-state index contributed by atoms with van der Waals surface area (Å²) < 4.78 is 4.20. The van der Waals surface area contributed by atoms with Crippen molar-refractivity contribution >= 4 is 28.3 Å². The highest BCUT2D eigenvalue weighted by molar-refractivity contribution is 7.09. The highest BCUT2D eigenvalue weighted by Crippen LogP contribution is 2.27. The van der Waals surface area contributed by atoms with Gasteiger partial charge in [-0.05, 0) is 12.1 Å². The maximum absolute atomic E-state index is 6.02. The SMILES string of the molecule is CNc1nc(-c2ccccc2Cl)ns1. The van der Waals surface area contributed by atoms with Gasteiger partial charge in [0.05, 0.1) is 5.02 Å². The van der Waals surface area contributed by atoms with Crippen LogP contribution in [0.4, 0.5) is 5.13 Å². The largest absolute Gasteiger partial charge is 0.363 e. The zero-order valence-corrected chi connectivity index (χ0v) is 9.06. The van der Waals surface area contributed by atoms with E-state index in [0.29, 0.717) is 10.8 Å². The molecule has 0 spiro atoms. The molecule has 0 fully saturated rings. The number of rotatable bonds is 2. The molecule has 0 radical (unpaired) electrons. The molecule has 0 unspecified atom stereocenters. The number of nitrogens with one attached hydrogen (secondary N) is 1. The van der Waals surface area contributed by atoms with Gasteiger partial charge in [0.2, 0.25) is 5.13 Å². The minimum Gasteiger partial charge on any atom is -0.363 e. The van der Waals surface area contributed by atoms with Crippen molar-refractivity contribution in [2.24, 2.45) is 0 Å². The summed E-state index contributed by atoms with van der Waals surface area (Å²) in [6.07, 6.45) is 0. The molecule has 72 valence electrons. The molecule has 14 heavy (non-hydrogen) atoms. The van der Waals surface area contributed by atoms with Crippen LogP contribution in [0.1, 0.15) is 0 Å². The van der Waals surface area contributed by atoms with Crippen molar-refractivity contribution in [2.75, 3.05) is 12.4 Å². The summed E-state index contributed by atoms with van der Waals surface area (Å²) in [5.74, 6) is 0.671. The monoisotopic (exact) mass is 225 g/mol. The van der Waals surface area contributed by atoms with Gasteiger partial charge in [-0.3, -0.25) is 0 Å². The van der Waals surface area contributed by atoms with Crippen molar-refractivity contribution in [2.45, 2.75) is 0 Å². The van der Waals surface area contributed by atoms with Crippen LogP contribution in [-0.2, 0) is 0 Å². The van der Waals surface area contributed by atoms with Gasteiger partial charge in [-0.25, -0.2) is 0 Å². The lowest BCUT2D eigenvalue weighted by Crippen LogP contribution is -1.86. The molecule has 0 saturated heterocycles. The molecule has 0 amide bonds. The Morgan fingerprint density at radius 3 is 2.79 bits per heavy atom. The molecule has 1 N–H and O–H groups in total. The lowest BCUT2D eigenvalue weighted by Gasteiger charge is -1.96. The second kappa shape index (κ2) is 3.94. The van der Waals surface area contributed by atoms with Crippen LogP contribution >= 0.6 is 23.1 Å². The number of hydrogen-bond donors (Lipinski definition) is 1. The van der Waals surface area contributed by atoms with Crippen LogP contribution in [-0.4, -0.2) is 16.4 Å². The van der Waals surface area contributed by atoms with Crippen LogP contribution in [0.5, 0.6) is 0 Å². The lowest BCUT2D eigenvalue weighted by molar-refractivity contribution is 1.31. The Hall–Kier alpha value is -1.13. The molecule has 0 aliphatic heterocycles. The Balaban J connectivity index is 2.44. The lowest BCUT2D eigenvalue weighted by atomic mass is 10.2. The van der Waals surface area contributed by atoms with E-state index in [0.717, 1.165) is 10.7 Å². The predicted octanol–water partition coefficient (Wildman–Crippen LogP) is 2.90. The van der Waals surface area contributed by atoms with E-state index in [1.807, 2.05) is 31.3 Å². The van der Waals surface area contributed by atoms with Crippen LogP contribution in [0.2, 0.25) is 5.02 Å². The summed E-state index contributed by atoms with van der Waals surface area (Å²) in [6, 6.07) is 7.54. The first-order valence-electron chi connectivity index (χ1n) is 4.07.